The molecule has 2 aliphatic rings. The zero-order valence-corrected chi connectivity index (χ0v) is 14.4. The van der Waals surface area contributed by atoms with Crippen LogP contribution in [0.5, 0.6) is 5.75 Å². The molecule has 0 saturated carbocycles. The molecule has 1 fully saturated rings. The lowest BCUT2D eigenvalue weighted by atomic mass is 9.82. The smallest absolute Gasteiger partial charge is 0.330 e. The Bertz CT molecular complexity index is 744. The van der Waals surface area contributed by atoms with E-state index >= 15 is 0 Å². The average Bonchev–Trinajstić information content (AvgIpc) is 2.60. The zero-order chi connectivity index (χ0) is 18.0. The number of methoxy groups -OCH3 is 1. The van der Waals surface area contributed by atoms with E-state index < -0.39 is 11.6 Å². The first-order valence-electron chi connectivity index (χ1n) is 8.30. The summed E-state index contributed by atoms with van der Waals surface area (Å²) in [6.45, 7) is 2.78. The number of amides is 1. The average molecular weight is 343 g/mol. The van der Waals surface area contributed by atoms with E-state index in [0.29, 0.717) is 43.7 Å². The molecule has 2 aliphatic heterocycles. The van der Waals surface area contributed by atoms with Crippen LogP contribution in [0.2, 0.25) is 0 Å². The summed E-state index contributed by atoms with van der Waals surface area (Å²) in [4.78, 5) is 37.1. The molecule has 1 saturated heterocycles. The molecule has 1 aromatic rings. The van der Waals surface area contributed by atoms with Gasteiger partial charge >= 0.3 is 5.97 Å². The third-order valence-corrected chi connectivity index (χ3v) is 4.85. The number of hydrogen-bond acceptors (Lipinski definition) is 5. The van der Waals surface area contributed by atoms with Crippen molar-refractivity contribution in [3.8, 4) is 5.75 Å². The first-order chi connectivity index (χ1) is 11.9. The predicted octanol–water partition coefficient (Wildman–Crippen LogP) is 2.22. The lowest BCUT2D eigenvalue weighted by Crippen LogP contribution is -2.51. The number of rotatable bonds is 2. The Labute approximate surface area is 146 Å². The standard InChI is InChI=1S/C19H21NO5/c1-13(21)20-9-7-19(8-10-20)12-16(22)15-11-14(3-5-17(15)25-19)4-6-18(23)24-2/h3-6,11H,7-10,12H2,1-2H3. The Morgan fingerprint density at radius 3 is 2.64 bits per heavy atom. The first kappa shape index (κ1) is 17.2. The van der Waals surface area contributed by atoms with Crippen LogP contribution in [-0.2, 0) is 14.3 Å². The van der Waals surface area contributed by atoms with Crippen LogP contribution in [0.15, 0.2) is 24.3 Å². The maximum Gasteiger partial charge on any atom is 0.330 e. The fourth-order valence-electron chi connectivity index (χ4n) is 3.36. The molecular formula is C19H21NO5. The van der Waals surface area contributed by atoms with Crippen LogP contribution in [0.25, 0.3) is 6.08 Å². The SMILES string of the molecule is COC(=O)C=Cc1ccc2c(c1)C(=O)CC1(CCN(C(C)=O)CC1)O2. The molecule has 0 radical (unpaired) electrons. The summed E-state index contributed by atoms with van der Waals surface area (Å²) in [6.07, 6.45) is 4.55. The minimum absolute atomic E-state index is 0.0332. The van der Waals surface area contributed by atoms with Gasteiger partial charge in [0.1, 0.15) is 11.4 Å². The van der Waals surface area contributed by atoms with Gasteiger partial charge in [0, 0.05) is 38.9 Å². The predicted molar refractivity (Wildman–Crippen MR) is 91.3 cm³/mol. The van der Waals surface area contributed by atoms with E-state index in [1.54, 1.807) is 36.1 Å². The molecule has 1 spiro atoms. The summed E-state index contributed by atoms with van der Waals surface area (Å²) in [5.41, 5.74) is 0.759. The second-order valence-electron chi connectivity index (χ2n) is 6.50. The molecule has 0 aromatic heterocycles. The third-order valence-electron chi connectivity index (χ3n) is 4.85. The van der Waals surface area contributed by atoms with Gasteiger partial charge in [-0.1, -0.05) is 6.07 Å². The second-order valence-corrected chi connectivity index (χ2v) is 6.50. The monoisotopic (exact) mass is 343 g/mol. The van der Waals surface area contributed by atoms with E-state index in [1.807, 2.05) is 0 Å². The number of fused-ring (bicyclic) bond motifs is 1. The lowest BCUT2D eigenvalue weighted by molar-refractivity contribution is -0.135. The van der Waals surface area contributed by atoms with Gasteiger partial charge in [-0.25, -0.2) is 4.79 Å². The van der Waals surface area contributed by atoms with Crippen LogP contribution in [0.1, 0.15) is 42.1 Å². The van der Waals surface area contributed by atoms with Crippen molar-refractivity contribution in [3.63, 3.8) is 0 Å². The number of nitrogens with zero attached hydrogens (tertiary/aromatic N) is 1. The number of carbonyl (C=O) groups excluding carboxylic acids is 3. The van der Waals surface area contributed by atoms with Gasteiger partial charge in [-0.3, -0.25) is 9.59 Å². The molecule has 0 atom stereocenters. The fraction of sp³-hybridized carbons (Fsp3) is 0.421. The highest BCUT2D eigenvalue weighted by molar-refractivity contribution is 6.01. The molecule has 3 rings (SSSR count). The maximum absolute atomic E-state index is 12.6. The summed E-state index contributed by atoms with van der Waals surface area (Å²) in [5, 5.41) is 0. The molecule has 132 valence electrons. The van der Waals surface area contributed by atoms with Crippen LogP contribution in [0.4, 0.5) is 0 Å². The highest BCUT2D eigenvalue weighted by Gasteiger charge is 2.43. The number of benzene rings is 1. The second kappa shape index (κ2) is 6.70. The summed E-state index contributed by atoms with van der Waals surface area (Å²) < 4.78 is 10.7. The molecule has 6 nitrogen and oxygen atoms in total. The number of esters is 1. The normalized spacial score (nSPS) is 18.8. The number of hydrogen-bond donors (Lipinski definition) is 0. The molecular weight excluding hydrogens is 322 g/mol. The van der Waals surface area contributed by atoms with Crippen molar-refractivity contribution in [3.05, 3.63) is 35.4 Å². The van der Waals surface area contributed by atoms with Crippen molar-refractivity contribution in [1.29, 1.82) is 0 Å². The molecule has 0 aliphatic carbocycles. The summed E-state index contributed by atoms with van der Waals surface area (Å²) >= 11 is 0. The maximum atomic E-state index is 12.6. The Hall–Kier alpha value is -2.63. The largest absolute Gasteiger partial charge is 0.486 e. The van der Waals surface area contributed by atoms with E-state index in [1.165, 1.54) is 13.2 Å². The van der Waals surface area contributed by atoms with Gasteiger partial charge in [-0.05, 0) is 23.8 Å². The molecule has 0 N–H and O–H groups in total. The molecule has 2 heterocycles. The molecule has 0 bridgehead atoms. The molecule has 25 heavy (non-hydrogen) atoms. The van der Waals surface area contributed by atoms with E-state index in [2.05, 4.69) is 4.74 Å². The van der Waals surface area contributed by atoms with Gasteiger partial charge in [0.25, 0.3) is 0 Å². The minimum Gasteiger partial charge on any atom is -0.486 e. The van der Waals surface area contributed by atoms with E-state index in [-0.39, 0.29) is 11.7 Å². The van der Waals surface area contributed by atoms with E-state index in [0.717, 1.165) is 5.56 Å². The van der Waals surface area contributed by atoms with Crippen molar-refractivity contribution >= 4 is 23.7 Å². The fourth-order valence-corrected chi connectivity index (χ4v) is 3.36. The summed E-state index contributed by atoms with van der Waals surface area (Å²) in [6, 6.07) is 5.30. The Morgan fingerprint density at radius 1 is 1.28 bits per heavy atom. The van der Waals surface area contributed by atoms with E-state index in [9.17, 15) is 14.4 Å². The van der Waals surface area contributed by atoms with E-state index in [4.69, 9.17) is 4.74 Å². The Kier molecular flexibility index (Phi) is 4.61. The van der Waals surface area contributed by atoms with Crippen LogP contribution in [0.3, 0.4) is 0 Å². The molecule has 0 unspecified atom stereocenters. The van der Waals surface area contributed by atoms with Crippen molar-refractivity contribution < 1.29 is 23.9 Å². The molecule has 1 amide bonds. The number of Topliss-reactive ketones (excluding diaryl/α,β-unsaturated/α-hetero) is 1. The number of piperidine rings is 1. The summed E-state index contributed by atoms with van der Waals surface area (Å²) in [7, 11) is 1.31. The van der Waals surface area contributed by atoms with Gasteiger partial charge in [-0.15, -0.1) is 0 Å². The van der Waals surface area contributed by atoms with Gasteiger partial charge in [0.05, 0.1) is 19.1 Å². The van der Waals surface area contributed by atoms with Gasteiger partial charge in [-0.2, -0.15) is 0 Å². The quantitative estimate of drug-likeness (QED) is 0.608. The number of carbonyl (C=O) groups is 3. The zero-order valence-electron chi connectivity index (χ0n) is 14.4. The van der Waals surface area contributed by atoms with Crippen molar-refractivity contribution in [2.75, 3.05) is 20.2 Å². The Balaban J connectivity index is 1.78. The van der Waals surface area contributed by atoms with Crippen molar-refractivity contribution in [2.45, 2.75) is 31.8 Å². The van der Waals surface area contributed by atoms with Crippen LogP contribution in [-0.4, -0.2) is 48.4 Å². The minimum atomic E-state index is -0.514. The van der Waals surface area contributed by atoms with Gasteiger partial charge < -0.3 is 14.4 Å². The number of likely N-dealkylation sites (tertiary alicyclic amines) is 1. The number of ketones is 1. The summed E-state index contributed by atoms with van der Waals surface area (Å²) in [5.74, 6) is 0.212. The molecule has 6 heteroatoms. The van der Waals surface area contributed by atoms with Crippen LogP contribution in [0, 0.1) is 0 Å². The highest BCUT2D eigenvalue weighted by Crippen LogP contribution is 2.39. The Morgan fingerprint density at radius 2 is 2.00 bits per heavy atom. The van der Waals surface area contributed by atoms with Gasteiger partial charge in [0.2, 0.25) is 5.91 Å². The van der Waals surface area contributed by atoms with Crippen LogP contribution >= 0.6 is 0 Å². The van der Waals surface area contributed by atoms with Crippen molar-refractivity contribution in [2.24, 2.45) is 0 Å². The third kappa shape index (κ3) is 3.57. The lowest BCUT2D eigenvalue weighted by Gasteiger charge is -2.43. The number of ether oxygens (including phenoxy) is 2. The first-order valence-corrected chi connectivity index (χ1v) is 8.30. The topological polar surface area (TPSA) is 72.9 Å². The molecule has 1 aromatic carbocycles. The van der Waals surface area contributed by atoms with Gasteiger partial charge in [0.15, 0.2) is 5.78 Å². The highest BCUT2D eigenvalue weighted by atomic mass is 16.5. The van der Waals surface area contributed by atoms with Crippen molar-refractivity contribution in [1.82, 2.24) is 4.90 Å². The van der Waals surface area contributed by atoms with Crippen LogP contribution < -0.4 is 4.74 Å².